The molecule has 0 aromatic heterocycles. The molecule has 0 spiro atoms. The highest BCUT2D eigenvalue weighted by molar-refractivity contribution is 6.03. The number of anilines is 1. The zero-order valence-corrected chi connectivity index (χ0v) is 16.2. The summed E-state index contributed by atoms with van der Waals surface area (Å²) in [5.41, 5.74) is -0.565. The molecule has 1 aromatic carbocycles. The van der Waals surface area contributed by atoms with Crippen molar-refractivity contribution in [3.8, 4) is 11.5 Å². The Morgan fingerprint density at radius 2 is 1.81 bits per heavy atom. The SMILES string of the molecule is CCOC(=O)c1c(NC(=O)NC(C)(C)CCC(=O)O)cc(OC)cc1OC. The van der Waals surface area contributed by atoms with Gasteiger partial charge in [0.25, 0.3) is 0 Å². The van der Waals surface area contributed by atoms with Gasteiger partial charge in [-0.1, -0.05) is 0 Å². The maximum atomic E-state index is 12.4. The van der Waals surface area contributed by atoms with Gasteiger partial charge in [0, 0.05) is 24.1 Å². The van der Waals surface area contributed by atoms with Crippen molar-refractivity contribution in [3.05, 3.63) is 17.7 Å². The van der Waals surface area contributed by atoms with E-state index in [2.05, 4.69) is 10.6 Å². The summed E-state index contributed by atoms with van der Waals surface area (Å²) >= 11 is 0. The molecule has 0 aliphatic rings. The number of benzene rings is 1. The maximum Gasteiger partial charge on any atom is 0.344 e. The quantitative estimate of drug-likeness (QED) is 0.561. The Labute approximate surface area is 158 Å². The lowest BCUT2D eigenvalue weighted by Gasteiger charge is -2.26. The minimum Gasteiger partial charge on any atom is -0.497 e. The molecule has 3 N–H and O–H groups in total. The molecule has 2 amide bonds. The van der Waals surface area contributed by atoms with Gasteiger partial charge in [0.1, 0.15) is 17.1 Å². The Balaban J connectivity index is 3.11. The molecule has 0 saturated heterocycles. The Morgan fingerprint density at radius 1 is 1.15 bits per heavy atom. The second-order valence-electron chi connectivity index (χ2n) is 6.33. The highest BCUT2D eigenvalue weighted by Gasteiger charge is 2.25. The number of amides is 2. The van der Waals surface area contributed by atoms with Crippen LogP contribution < -0.4 is 20.1 Å². The van der Waals surface area contributed by atoms with Gasteiger partial charge in [0.15, 0.2) is 0 Å². The highest BCUT2D eigenvalue weighted by Crippen LogP contribution is 2.33. The van der Waals surface area contributed by atoms with Crippen LogP contribution in [0.5, 0.6) is 11.5 Å². The topological polar surface area (TPSA) is 123 Å². The maximum absolute atomic E-state index is 12.4. The van der Waals surface area contributed by atoms with Crippen LogP contribution in [0.4, 0.5) is 10.5 Å². The predicted octanol–water partition coefficient (Wildman–Crippen LogP) is 2.65. The van der Waals surface area contributed by atoms with Gasteiger partial charge < -0.3 is 30.0 Å². The second kappa shape index (κ2) is 9.65. The van der Waals surface area contributed by atoms with Crippen LogP contribution in [0.3, 0.4) is 0 Å². The number of carboxylic acid groups (broad SMARTS) is 1. The van der Waals surface area contributed by atoms with Gasteiger partial charge in [-0.15, -0.1) is 0 Å². The van der Waals surface area contributed by atoms with Crippen LogP contribution in [0.1, 0.15) is 44.0 Å². The summed E-state index contributed by atoms with van der Waals surface area (Å²) in [5, 5.41) is 14.1. The van der Waals surface area contributed by atoms with Crippen LogP contribution in [0.15, 0.2) is 12.1 Å². The van der Waals surface area contributed by atoms with Crippen LogP contribution in [0.25, 0.3) is 0 Å². The number of esters is 1. The van der Waals surface area contributed by atoms with E-state index in [1.54, 1.807) is 20.8 Å². The van der Waals surface area contributed by atoms with E-state index in [-0.39, 0.29) is 36.4 Å². The van der Waals surface area contributed by atoms with Gasteiger partial charge in [-0.05, 0) is 27.2 Å². The van der Waals surface area contributed by atoms with Gasteiger partial charge in [-0.3, -0.25) is 4.79 Å². The highest BCUT2D eigenvalue weighted by atomic mass is 16.5. The molecule has 0 atom stereocenters. The summed E-state index contributed by atoms with van der Waals surface area (Å²) in [7, 11) is 2.83. The number of carboxylic acids is 1. The summed E-state index contributed by atoms with van der Waals surface area (Å²) in [6, 6.07) is 2.37. The first-order valence-corrected chi connectivity index (χ1v) is 8.37. The number of carbonyl (C=O) groups is 3. The largest absolute Gasteiger partial charge is 0.497 e. The first-order valence-electron chi connectivity index (χ1n) is 8.37. The molecule has 27 heavy (non-hydrogen) atoms. The van der Waals surface area contributed by atoms with E-state index in [0.29, 0.717) is 5.75 Å². The zero-order valence-electron chi connectivity index (χ0n) is 16.2. The third-order valence-electron chi connectivity index (χ3n) is 3.67. The van der Waals surface area contributed by atoms with Gasteiger partial charge in [0.2, 0.25) is 0 Å². The number of aliphatic carboxylic acids is 1. The summed E-state index contributed by atoms with van der Waals surface area (Å²) in [6.07, 6.45) is 0.149. The molecule has 0 aliphatic heterocycles. The first kappa shape index (κ1) is 22.1. The summed E-state index contributed by atoms with van der Waals surface area (Å²) in [5.74, 6) is -1.04. The van der Waals surface area contributed by atoms with E-state index >= 15 is 0 Å². The lowest BCUT2D eigenvalue weighted by atomic mass is 9.99. The van der Waals surface area contributed by atoms with Gasteiger partial charge in [-0.2, -0.15) is 0 Å². The van der Waals surface area contributed by atoms with Crippen molar-refractivity contribution in [2.75, 3.05) is 26.1 Å². The van der Waals surface area contributed by atoms with Gasteiger partial charge in [-0.25, -0.2) is 9.59 Å². The number of urea groups is 1. The van der Waals surface area contributed by atoms with Crippen molar-refractivity contribution in [2.45, 2.75) is 39.2 Å². The molecule has 150 valence electrons. The average molecular weight is 382 g/mol. The van der Waals surface area contributed by atoms with E-state index in [1.807, 2.05) is 0 Å². The first-order chi connectivity index (χ1) is 12.6. The molecule has 1 aromatic rings. The Hall–Kier alpha value is -2.97. The van der Waals surface area contributed by atoms with Crippen LogP contribution in [-0.2, 0) is 9.53 Å². The summed E-state index contributed by atoms with van der Waals surface area (Å²) in [4.78, 5) is 35.4. The van der Waals surface area contributed by atoms with Crippen molar-refractivity contribution < 1.29 is 33.7 Å². The van der Waals surface area contributed by atoms with E-state index in [0.717, 1.165) is 0 Å². The number of ether oxygens (including phenoxy) is 3. The molecule has 9 nitrogen and oxygen atoms in total. The van der Waals surface area contributed by atoms with Crippen molar-refractivity contribution in [2.24, 2.45) is 0 Å². The van der Waals surface area contributed by atoms with Crippen LogP contribution >= 0.6 is 0 Å². The molecule has 1 rings (SSSR count). The number of nitrogens with one attached hydrogen (secondary N) is 2. The zero-order chi connectivity index (χ0) is 20.6. The van der Waals surface area contributed by atoms with E-state index in [4.69, 9.17) is 19.3 Å². The smallest absolute Gasteiger partial charge is 0.344 e. The lowest BCUT2D eigenvalue weighted by molar-refractivity contribution is -0.137. The molecule has 0 saturated carbocycles. The molecule has 0 radical (unpaired) electrons. The monoisotopic (exact) mass is 382 g/mol. The van der Waals surface area contributed by atoms with Crippen molar-refractivity contribution in [1.29, 1.82) is 0 Å². The third-order valence-corrected chi connectivity index (χ3v) is 3.67. The number of carbonyl (C=O) groups excluding carboxylic acids is 2. The molecule has 9 heteroatoms. The molecule has 0 fully saturated rings. The fourth-order valence-electron chi connectivity index (χ4n) is 2.32. The Kier molecular flexibility index (Phi) is 7.89. The lowest BCUT2D eigenvalue weighted by Crippen LogP contribution is -2.46. The van der Waals surface area contributed by atoms with Crippen LogP contribution in [-0.4, -0.2) is 49.4 Å². The molecule has 0 unspecified atom stereocenters. The Morgan fingerprint density at radius 3 is 2.33 bits per heavy atom. The number of rotatable bonds is 9. The minimum absolute atomic E-state index is 0.0543. The standard InChI is InChI=1S/C18H26N2O7/c1-6-27-16(23)15-12(9-11(25-4)10-13(15)26-5)19-17(24)20-18(2,3)8-7-14(21)22/h9-10H,6-8H2,1-5H3,(H,21,22)(H2,19,20,24). The fraction of sp³-hybridized carbons (Fsp3) is 0.500. The average Bonchev–Trinajstić information content (AvgIpc) is 2.58. The normalized spacial score (nSPS) is 10.7. The third kappa shape index (κ3) is 6.69. The Bertz CT molecular complexity index is 701. The van der Waals surface area contributed by atoms with Crippen molar-refractivity contribution in [1.82, 2.24) is 5.32 Å². The van der Waals surface area contributed by atoms with Crippen molar-refractivity contribution >= 4 is 23.7 Å². The summed E-state index contributed by atoms with van der Waals surface area (Å²) < 4.78 is 15.4. The molecule has 0 aliphatic carbocycles. The van der Waals surface area contributed by atoms with E-state index in [9.17, 15) is 14.4 Å². The summed E-state index contributed by atoms with van der Waals surface area (Å²) in [6.45, 7) is 5.22. The number of hydrogen-bond acceptors (Lipinski definition) is 6. The van der Waals surface area contributed by atoms with E-state index in [1.165, 1.54) is 26.4 Å². The van der Waals surface area contributed by atoms with E-state index < -0.39 is 23.5 Å². The van der Waals surface area contributed by atoms with Gasteiger partial charge >= 0.3 is 18.0 Å². The van der Waals surface area contributed by atoms with Crippen LogP contribution in [0, 0.1) is 0 Å². The van der Waals surface area contributed by atoms with Crippen molar-refractivity contribution in [3.63, 3.8) is 0 Å². The number of methoxy groups -OCH3 is 2. The second-order valence-corrected chi connectivity index (χ2v) is 6.33. The molecular weight excluding hydrogens is 356 g/mol. The minimum atomic E-state index is -0.951. The number of hydrogen-bond donors (Lipinski definition) is 3. The van der Waals surface area contributed by atoms with Crippen LogP contribution in [0.2, 0.25) is 0 Å². The molecule has 0 bridgehead atoms. The van der Waals surface area contributed by atoms with Gasteiger partial charge in [0.05, 0.1) is 26.5 Å². The fourth-order valence-corrected chi connectivity index (χ4v) is 2.32. The molecule has 0 heterocycles. The predicted molar refractivity (Wildman–Crippen MR) is 98.6 cm³/mol. The molecular formula is C18H26N2O7.